The van der Waals surface area contributed by atoms with Gasteiger partial charge >= 0.3 is 0 Å². The minimum absolute atomic E-state index is 0.0597. The Bertz CT molecular complexity index is 1090. The minimum Gasteiger partial charge on any atom is -0.391 e. The van der Waals surface area contributed by atoms with Crippen LogP contribution in [0.3, 0.4) is 0 Å². The van der Waals surface area contributed by atoms with Gasteiger partial charge in [0, 0.05) is 30.6 Å². The van der Waals surface area contributed by atoms with Crippen molar-refractivity contribution in [2.45, 2.75) is 31.9 Å². The first-order chi connectivity index (χ1) is 15.0. The van der Waals surface area contributed by atoms with Gasteiger partial charge in [0.15, 0.2) is 0 Å². The van der Waals surface area contributed by atoms with Crippen molar-refractivity contribution in [2.24, 2.45) is 0 Å². The molecule has 1 aromatic heterocycles. The van der Waals surface area contributed by atoms with Gasteiger partial charge in [0.05, 0.1) is 29.5 Å². The fourth-order valence-electron chi connectivity index (χ4n) is 3.45. The molecule has 2 aromatic carbocycles. The summed E-state index contributed by atoms with van der Waals surface area (Å²) >= 11 is 0. The van der Waals surface area contributed by atoms with Crippen LogP contribution in [-0.2, 0) is 11.3 Å². The normalized spacial score (nSPS) is 15.3. The number of halogens is 1. The van der Waals surface area contributed by atoms with E-state index >= 15 is 0 Å². The Morgan fingerprint density at radius 3 is 2.68 bits per heavy atom. The standard InChI is InChI=1S/C18H20N4O2.C6H5F/c1-13(18(24)21-8-6-16(23)12-21)3-2-7-22-17-5-4-14(10-19)9-15(17)11-20-22;7-6-4-2-1-3-5-6/h4-5,9,11,16,23H,1-3,6-8,12H2;1-5H. The molecular formula is C24H25FN4O2. The van der Waals surface area contributed by atoms with Crippen LogP contribution in [-0.4, -0.2) is 44.9 Å². The fourth-order valence-corrected chi connectivity index (χ4v) is 3.45. The van der Waals surface area contributed by atoms with Crippen molar-refractivity contribution in [1.82, 2.24) is 14.7 Å². The molecule has 1 fully saturated rings. The molecule has 1 saturated heterocycles. The van der Waals surface area contributed by atoms with Gasteiger partial charge in [0.1, 0.15) is 5.82 Å². The Labute approximate surface area is 180 Å². The summed E-state index contributed by atoms with van der Waals surface area (Å²) in [6.45, 7) is 5.58. The van der Waals surface area contributed by atoms with E-state index < -0.39 is 6.10 Å². The van der Waals surface area contributed by atoms with E-state index in [9.17, 15) is 14.3 Å². The molecule has 0 spiro atoms. The zero-order chi connectivity index (χ0) is 22.2. The number of likely N-dealkylation sites (tertiary alicyclic amines) is 1. The van der Waals surface area contributed by atoms with E-state index in [4.69, 9.17) is 5.26 Å². The number of aliphatic hydroxyl groups is 1. The summed E-state index contributed by atoms with van der Waals surface area (Å²) < 4.78 is 13.8. The lowest BCUT2D eigenvalue weighted by molar-refractivity contribution is -0.126. The lowest BCUT2D eigenvalue weighted by Gasteiger charge is -2.17. The van der Waals surface area contributed by atoms with E-state index in [0.29, 0.717) is 43.6 Å². The van der Waals surface area contributed by atoms with Crippen LogP contribution in [0.15, 0.2) is 66.9 Å². The average molecular weight is 420 g/mol. The molecule has 0 saturated carbocycles. The number of carbonyl (C=O) groups is 1. The molecule has 6 nitrogen and oxygen atoms in total. The number of nitrogens with zero attached hydrogens (tertiary/aromatic N) is 4. The van der Waals surface area contributed by atoms with Gasteiger partial charge in [-0.25, -0.2) is 4.39 Å². The summed E-state index contributed by atoms with van der Waals surface area (Å²) in [5.74, 6) is -0.238. The maximum absolute atomic E-state index is 12.2. The lowest BCUT2D eigenvalue weighted by atomic mass is 10.1. The minimum atomic E-state index is -0.407. The third-order valence-electron chi connectivity index (χ3n) is 5.11. The number of rotatable bonds is 5. The molecule has 160 valence electrons. The Morgan fingerprint density at radius 2 is 2.06 bits per heavy atom. The molecular weight excluding hydrogens is 395 g/mol. The number of carbonyl (C=O) groups excluding carboxylic acids is 1. The molecule has 1 aliphatic rings. The maximum atomic E-state index is 12.2. The number of fused-ring (bicyclic) bond motifs is 1. The number of amides is 1. The van der Waals surface area contributed by atoms with Crippen LogP contribution in [0, 0.1) is 17.1 Å². The SMILES string of the molecule is C=C(CCCn1ncc2cc(C#N)ccc21)C(=O)N1CCC(O)C1.Fc1ccccc1. The first-order valence-electron chi connectivity index (χ1n) is 10.2. The van der Waals surface area contributed by atoms with Crippen molar-refractivity contribution in [3.63, 3.8) is 0 Å². The monoisotopic (exact) mass is 420 g/mol. The molecule has 7 heteroatoms. The Kier molecular flexibility index (Phi) is 7.52. The molecule has 1 aliphatic heterocycles. The number of β-amino-alcohol motifs (C(OH)–C–C–N with tert-alkyl or cyclic N) is 1. The van der Waals surface area contributed by atoms with Crippen molar-refractivity contribution in [1.29, 1.82) is 5.26 Å². The fraction of sp³-hybridized carbons (Fsp3) is 0.292. The molecule has 1 amide bonds. The van der Waals surface area contributed by atoms with Gasteiger partial charge in [-0.1, -0.05) is 24.8 Å². The number of hydrogen-bond acceptors (Lipinski definition) is 4. The molecule has 4 rings (SSSR count). The number of aromatic nitrogens is 2. The molecule has 2 heterocycles. The van der Waals surface area contributed by atoms with Crippen molar-refractivity contribution in [3.05, 3.63) is 78.3 Å². The van der Waals surface area contributed by atoms with E-state index in [2.05, 4.69) is 17.7 Å². The second kappa shape index (κ2) is 10.5. The number of hydrogen-bond donors (Lipinski definition) is 1. The quantitative estimate of drug-likeness (QED) is 0.639. The van der Waals surface area contributed by atoms with Gasteiger partial charge in [-0.3, -0.25) is 9.48 Å². The molecule has 1 unspecified atom stereocenters. The number of aryl methyl sites for hydroxylation is 1. The Balaban J connectivity index is 0.000000330. The first-order valence-corrected chi connectivity index (χ1v) is 10.2. The Hall–Kier alpha value is -3.50. The number of benzene rings is 2. The van der Waals surface area contributed by atoms with Crippen molar-refractivity contribution >= 4 is 16.8 Å². The molecule has 31 heavy (non-hydrogen) atoms. The van der Waals surface area contributed by atoms with Crippen LogP contribution in [0.1, 0.15) is 24.8 Å². The summed E-state index contributed by atoms with van der Waals surface area (Å²) in [6.07, 6.45) is 3.35. The van der Waals surface area contributed by atoms with Crippen molar-refractivity contribution in [2.75, 3.05) is 13.1 Å². The second-order valence-corrected chi connectivity index (χ2v) is 7.45. The van der Waals surface area contributed by atoms with Crippen LogP contribution in [0.2, 0.25) is 0 Å². The van der Waals surface area contributed by atoms with E-state index in [0.717, 1.165) is 17.3 Å². The Morgan fingerprint density at radius 1 is 1.29 bits per heavy atom. The van der Waals surface area contributed by atoms with Gasteiger partial charge in [-0.2, -0.15) is 10.4 Å². The highest BCUT2D eigenvalue weighted by Gasteiger charge is 2.25. The van der Waals surface area contributed by atoms with Gasteiger partial charge < -0.3 is 10.0 Å². The summed E-state index contributed by atoms with van der Waals surface area (Å²) in [4.78, 5) is 13.9. The van der Waals surface area contributed by atoms with Gasteiger partial charge in [0.25, 0.3) is 0 Å². The smallest absolute Gasteiger partial charge is 0.249 e. The largest absolute Gasteiger partial charge is 0.391 e. The molecule has 0 radical (unpaired) electrons. The van der Waals surface area contributed by atoms with Gasteiger partial charge in [-0.05, 0) is 49.6 Å². The highest BCUT2D eigenvalue weighted by atomic mass is 19.1. The van der Waals surface area contributed by atoms with E-state index in [1.807, 2.05) is 16.8 Å². The van der Waals surface area contributed by atoms with E-state index in [1.165, 1.54) is 12.1 Å². The zero-order valence-electron chi connectivity index (χ0n) is 17.2. The highest BCUT2D eigenvalue weighted by molar-refractivity contribution is 5.93. The summed E-state index contributed by atoms with van der Waals surface area (Å²) in [5, 5.41) is 23.7. The lowest BCUT2D eigenvalue weighted by Crippen LogP contribution is -2.30. The van der Waals surface area contributed by atoms with Crippen molar-refractivity contribution in [3.8, 4) is 6.07 Å². The highest BCUT2D eigenvalue weighted by Crippen LogP contribution is 2.18. The molecule has 3 aromatic rings. The average Bonchev–Trinajstić information content (AvgIpc) is 3.40. The first kappa shape index (κ1) is 22.2. The molecule has 0 bridgehead atoms. The van der Waals surface area contributed by atoms with E-state index in [-0.39, 0.29) is 11.7 Å². The number of nitriles is 1. The third-order valence-corrected chi connectivity index (χ3v) is 5.11. The number of aliphatic hydroxyl groups excluding tert-OH is 1. The van der Waals surface area contributed by atoms with Gasteiger partial charge in [0.2, 0.25) is 5.91 Å². The van der Waals surface area contributed by atoms with Crippen LogP contribution in [0.4, 0.5) is 4.39 Å². The third kappa shape index (κ3) is 6.00. The predicted molar refractivity (Wildman–Crippen MR) is 116 cm³/mol. The van der Waals surface area contributed by atoms with Crippen LogP contribution >= 0.6 is 0 Å². The summed E-state index contributed by atoms with van der Waals surface area (Å²) in [6, 6.07) is 15.6. The van der Waals surface area contributed by atoms with Crippen molar-refractivity contribution < 1.29 is 14.3 Å². The van der Waals surface area contributed by atoms with Crippen LogP contribution in [0.5, 0.6) is 0 Å². The second-order valence-electron chi connectivity index (χ2n) is 7.45. The molecule has 1 N–H and O–H groups in total. The zero-order valence-corrected chi connectivity index (χ0v) is 17.2. The van der Waals surface area contributed by atoms with E-state index in [1.54, 1.807) is 35.4 Å². The summed E-state index contributed by atoms with van der Waals surface area (Å²) in [7, 11) is 0. The van der Waals surface area contributed by atoms with Gasteiger partial charge in [-0.15, -0.1) is 0 Å². The molecule has 0 aliphatic carbocycles. The topological polar surface area (TPSA) is 82.2 Å². The van der Waals surface area contributed by atoms with Crippen LogP contribution in [0.25, 0.3) is 10.9 Å². The summed E-state index contributed by atoms with van der Waals surface area (Å²) in [5.41, 5.74) is 2.18. The maximum Gasteiger partial charge on any atom is 0.249 e. The predicted octanol–water partition coefficient (Wildman–Crippen LogP) is 3.66. The van der Waals surface area contributed by atoms with Crippen LogP contribution < -0.4 is 0 Å². The molecule has 1 atom stereocenters.